The average Bonchev–Trinajstić information content (AvgIpc) is 2.67. The maximum Gasteiger partial charge on any atom is 0.250 e. The molecule has 0 aliphatic carbocycles. The Balaban J connectivity index is 1.59. The van der Waals surface area contributed by atoms with Crippen LogP contribution in [0.5, 0.6) is 0 Å². The highest BCUT2D eigenvalue weighted by molar-refractivity contribution is 7.80. The summed E-state index contributed by atoms with van der Waals surface area (Å²) < 4.78 is 0. The molecule has 28 heavy (non-hydrogen) atoms. The van der Waals surface area contributed by atoms with Crippen LogP contribution in [-0.2, 0) is 9.59 Å². The minimum atomic E-state index is -0.319. The van der Waals surface area contributed by atoms with Gasteiger partial charge < -0.3 is 10.6 Å². The van der Waals surface area contributed by atoms with Crippen LogP contribution in [0.3, 0.4) is 0 Å². The van der Waals surface area contributed by atoms with Crippen molar-refractivity contribution in [3.05, 3.63) is 78.4 Å². The number of nitrogens with one attached hydrogen (secondary N) is 3. The lowest BCUT2D eigenvalue weighted by molar-refractivity contribution is -0.115. The number of rotatable bonds is 4. The van der Waals surface area contributed by atoms with E-state index in [1.807, 2.05) is 42.5 Å². The highest BCUT2D eigenvalue weighted by Gasteiger charge is 2.03. The Hall–Kier alpha value is -3.51. The molecule has 0 spiro atoms. The number of benzene rings is 3. The third kappa shape index (κ3) is 5.25. The van der Waals surface area contributed by atoms with Gasteiger partial charge in [0.2, 0.25) is 11.8 Å². The molecule has 0 fully saturated rings. The third-order valence-electron chi connectivity index (χ3n) is 3.94. The van der Waals surface area contributed by atoms with Crippen molar-refractivity contribution < 1.29 is 9.59 Å². The van der Waals surface area contributed by atoms with Gasteiger partial charge in [-0.25, -0.2) is 0 Å². The van der Waals surface area contributed by atoms with E-state index in [0.29, 0.717) is 11.4 Å². The predicted molar refractivity (Wildman–Crippen MR) is 118 cm³/mol. The van der Waals surface area contributed by atoms with Gasteiger partial charge in [-0.15, -0.1) is 0 Å². The molecule has 0 heterocycles. The SMILES string of the molecule is CC(=O)Nc1ccc(NC(=S)NC(=O)C=Cc2cccc3ccccc23)cc1. The maximum absolute atomic E-state index is 12.2. The smallest absolute Gasteiger partial charge is 0.250 e. The van der Waals surface area contributed by atoms with E-state index in [9.17, 15) is 9.59 Å². The van der Waals surface area contributed by atoms with Gasteiger partial charge >= 0.3 is 0 Å². The van der Waals surface area contributed by atoms with E-state index in [0.717, 1.165) is 16.3 Å². The molecule has 140 valence electrons. The van der Waals surface area contributed by atoms with Crippen molar-refractivity contribution in [2.45, 2.75) is 6.92 Å². The third-order valence-corrected chi connectivity index (χ3v) is 4.14. The highest BCUT2D eigenvalue weighted by atomic mass is 32.1. The van der Waals surface area contributed by atoms with Crippen LogP contribution in [0, 0.1) is 0 Å². The van der Waals surface area contributed by atoms with E-state index >= 15 is 0 Å². The molecular weight excluding hydrogens is 370 g/mol. The molecule has 3 aromatic carbocycles. The Morgan fingerprint density at radius 1 is 0.857 bits per heavy atom. The average molecular weight is 389 g/mol. The van der Waals surface area contributed by atoms with Crippen molar-refractivity contribution in [1.29, 1.82) is 0 Å². The summed E-state index contributed by atoms with van der Waals surface area (Å²) in [5.74, 6) is -0.457. The molecule has 3 rings (SSSR count). The van der Waals surface area contributed by atoms with Crippen LogP contribution in [0.4, 0.5) is 11.4 Å². The van der Waals surface area contributed by atoms with Crippen molar-refractivity contribution in [2.75, 3.05) is 10.6 Å². The molecule has 3 N–H and O–H groups in total. The Bertz CT molecular complexity index is 1050. The first-order chi connectivity index (χ1) is 13.5. The second-order valence-corrected chi connectivity index (χ2v) is 6.51. The molecule has 0 aromatic heterocycles. The number of hydrogen-bond donors (Lipinski definition) is 3. The fourth-order valence-electron chi connectivity index (χ4n) is 2.72. The summed E-state index contributed by atoms with van der Waals surface area (Å²) in [6.45, 7) is 1.45. The molecule has 6 heteroatoms. The number of anilines is 2. The van der Waals surface area contributed by atoms with Crippen LogP contribution in [0.15, 0.2) is 72.8 Å². The number of fused-ring (bicyclic) bond motifs is 1. The predicted octanol–water partition coefficient (Wildman–Crippen LogP) is 4.32. The van der Waals surface area contributed by atoms with Crippen molar-refractivity contribution in [2.24, 2.45) is 0 Å². The minimum absolute atomic E-state index is 0.138. The monoisotopic (exact) mass is 389 g/mol. The van der Waals surface area contributed by atoms with Gasteiger partial charge in [0.1, 0.15) is 0 Å². The summed E-state index contributed by atoms with van der Waals surface area (Å²) in [5, 5.41) is 10.6. The minimum Gasteiger partial charge on any atom is -0.332 e. The number of thiocarbonyl (C=S) groups is 1. The maximum atomic E-state index is 12.2. The molecule has 2 amide bonds. The first-order valence-corrected chi connectivity index (χ1v) is 9.07. The molecule has 0 bridgehead atoms. The number of hydrogen-bond acceptors (Lipinski definition) is 3. The molecule has 0 unspecified atom stereocenters. The van der Waals surface area contributed by atoms with Crippen molar-refractivity contribution in [3.8, 4) is 0 Å². The first-order valence-electron chi connectivity index (χ1n) is 8.67. The molecule has 0 aliphatic heterocycles. The van der Waals surface area contributed by atoms with Gasteiger partial charge in [0.05, 0.1) is 0 Å². The van der Waals surface area contributed by atoms with E-state index in [2.05, 4.69) is 16.0 Å². The summed E-state index contributed by atoms with van der Waals surface area (Å²) >= 11 is 5.18. The second kappa shape index (κ2) is 8.92. The standard InChI is InChI=1S/C22H19N3O2S/c1-15(26)23-18-10-12-19(13-11-18)24-22(28)25-21(27)14-9-17-7-4-6-16-5-2-3-8-20(16)17/h2-14H,1H3,(H,23,26)(H2,24,25,27,28). The molecule has 0 saturated heterocycles. The summed E-state index contributed by atoms with van der Waals surface area (Å²) in [6.07, 6.45) is 3.22. The zero-order valence-corrected chi connectivity index (χ0v) is 16.0. The quantitative estimate of drug-likeness (QED) is 0.459. The lowest BCUT2D eigenvalue weighted by Gasteiger charge is -2.09. The van der Waals surface area contributed by atoms with E-state index in [4.69, 9.17) is 12.2 Å². The molecule has 0 atom stereocenters. The Morgan fingerprint density at radius 3 is 2.21 bits per heavy atom. The van der Waals surface area contributed by atoms with E-state index < -0.39 is 0 Å². The van der Waals surface area contributed by atoms with Gasteiger partial charge in [-0.2, -0.15) is 0 Å². The van der Waals surface area contributed by atoms with Gasteiger partial charge in [0.25, 0.3) is 0 Å². The van der Waals surface area contributed by atoms with E-state index in [-0.39, 0.29) is 16.9 Å². The number of carbonyl (C=O) groups excluding carboxylic acids is 2. The Morgan fingerprint density at radius 2 is 1.50 bits per heavy atom. The van der Waals surface area contributed by atoms with Crippen LogP contribution in [0.25, 0.3) is 16.8 Å². The van der Waals surface area contributed by atoms with Gasteiger partial charge in [0, 0.05) is 24.4 Å². The van der Waals surface area contributed by atoms with Crippen LogP contribution in [0.1, 0.15) is 12.5 Å². The largest absolute Gasteiger partial charge is 0.332 e. The van der Waals surface area contributed by atoms with E-state index in [1.165, 1.54) is 13.0 Å². The van der Waals surface area contributed by atoms with Crippen LogP contribution in [-0.4, -0.2) is 16.9 Å². The Labute approximate surface area is 168 Å². The first kappa shape index (κ1) is 19.3. The fourth-order valence-corrected chi connectivity index (χ4v) is 2.94. The summed E-state index contributed by atoms with van der Waals surface area (Å²) in [4.78, 5) is 23.2. The molecule has 5 nitrogen and oxygen atoms in total. The molecule has 0 aliphatic rings. The molecule has 0 saturated carbocycles. The summed E-state index contributed by atoms with van der Waals surface area (Å²) in [7, 11) is 0. The van der Waals surface area contributed by atoms with E-state index in [1.54, 1.807) is 30.3 Å². The zero-order chi connectivity index (χ0) is 19.9. The highest BCUT2D eigenvalue weighted by Crippen LogP contribution is 2.19. The normalized spacial score (nSPS) is 10.6. The molecule has 0 radical (unpaired) electrons. The van der Waals surface area contributed by atoms with Crippen LogP contribution < -0.4 is 16.0 Å². The zero-order valence-electron chi connectivity index (χ0n) is 15.2. The lowest BCUT2D eigenvalue weighted by atomic mass is 10.0. The second-order valence-electron chi connectivity index (χ2n) is 6.10. The topological polar surface area (TPSA) is 70.2 Å². The van der Waals surface area contributed by atoms with Gasteiger partial charge in [-0.1, -0.05) is 42.5 Å². The van der Waals surface area contributed by atoms with Gasteiger partial charge in [-0.3, -0.25) is 14.9 Å². The number of carbonyl (C=O) groups is 2. The molecular formula is C22H19N3O2S. The Kier molecular flexibility index (Phi) is 6.14. The molecule has 3 aromatic rings. The fraction of sp³-hybridized carbons (Fsp3) is 0.0455. The number of amides is 2. The van der Waals surface area contributed by atoms with Crippen molar-refractivity contribution in [1.82, 2.24) is 5.32 Å². The van der Waals surface area contributed by atoms with Crippen LogP contribution >= 0.6 is 12.2 Å². The van der Waals surface area contributed by atoms with Gasteiger partial charge in [0.15, 0.2) is 5.11 Å². The van der Waals surface area contributed by atoms with Crippen molar-refractivity contribution >= 4 is 57.4 Å². The van der Waals surface area contributed by atoms with Gasteiger partial charge in [-0.05, 0) is 58.9 Å². The van der Waals surface area contributed by atoms with Crippen molar-refractivity contribution in [3.63, 3.8) is 0 Å². The lowest BCUT2D eigenvalue weighted by Crippen LogP contribution is -2.32. The van der Waals surface area contributed by atoms with Crippen LogP contribution in [0.2, 0.25) is 0 Å². The summed E-state index contributed by atoms with van der Waals surface area (Å²) in [5.41, 5.74) is 2.35. The summed E-state index contributed by atoms with van der Waals surface area (Å²) in [6, 6.07) is 21.0.